The van der Waals surface area contributed by atoms with Gasteiger partial charge in [-0.1, -0.05) is 0 Å². The molecule has 4 rings (SSSR count). The first-order chi connectivity index (χ1) is 11.3. The van der Waals surface area contributed by atoms with Gasteiger partial charge >= 0.3 is 126 Å². The van der Waals surface area contributed by atoms with Crippen molar-refractivity contribution in [2.45, 2.75) is 7.25 Å². The Morgan fingerprint density at radius 1 is 0.696 bits per heavy atom. The van der Waals surface area contributed by atoms with Gasteiger partial charge in [0.1, 0.15) is 0 Å². The first-order valence-electron chi connectivity index (χ1n) is 7.75. The van der Waals surface area contributed by atoms with E-state index in [4.69, 9.17) is 23.2 Å². The van der Waals surface area contributed by atoms with Crippen LogP contribution >= 0.6 is 23.2 Å². The molecule has 2 unspecified atom stereocenters. The maximum atomic E-state index is 5.05. The molecule has 0 amide bonds. The molecule has 0 N–H and O–H groups in total. The summed E-state index contributed by atoms with van der Waals surface area (Å²) in [7, 11) is 0. The number of halogens is 2. The molecule has 2 aromatic rings. The van der Waals surface area contributed by atoms with Gasteiger partial charge in [-0.05, 0) is 0 Å². The fourth-order valence-corrected chi connectivity index (χ4v) is 7.13. The van der Waals surface area contributed by atoms with Gasteiger partial charge in [-0.25, -0.2) is 0 Å². The molecule has 0 fully saturated rings. The van der Waals surface area contributed by atoms with Gasteiger partial charge in [-0.15, -0.1) is 23.2 Å². The number of benzene rings is 2. The minimum absolute atomic E-state index is 0.542. The Kier molecular flexibility index (Phi) is 6.34. The van der Waals surface area contributed by atoms with E-state index in [1.165, 1.54) is 11.1 Å². The number of hydrogen-bond acceptors (Lipinski definition) is 0. The van der Waals surface area contributed by atoms with Crippen LogP contribution in [0.2, 0.25) is 0 Å². The summed E-state index contributed by atoms with van der Waals surface area (Å²) in [5.74, 6) is 1.11. The predicted octanol–water partition coefficient (Wildman–Crippen LogP) is 6.07. The van der Waals surface area contributed by atoms with Gasteiger partial charge in [0.25, 0.3) is 0 Å². The molecule has 2 aromatic carbocycles. The maximum Gasteiger partial charge on any atom is 0.0359 e. The summed E-state index contributed by atoms with van der Waals surface area (Å²) in [6.45, 7) is 0. The van der Waals surface area contributed by atoms with Gasteiger partial charge < -0.3 is 0 Å². The van der Waals surface area contributed by atoms with E-state index in [1.807, 2.05) is 0 Å². The summed E-state index contributed by atoms with van der Waals surface area (Å²) in [6.07, 6.45) is 9.49. The summed E-state index contributed by atoms with van der Waals surface area (Å²) in [5, 5.41) is 0. The van der Waals surface area contributed by atoms with Crippen molar-refractivity contribution in [1.82, 2.24) is 0 Å². The average Bonchev–Trinajstić information content (AvgIpc) is 3.21. The van der Waals surface area contributed by atoms with Crippen molar-refractivity contribution in [3.63, 3.8) is 0 Å². The zero-order chi connectivity index (χ0) is 16.1. The van der Waals surface area contributed by atoms with Crippen LogP contribution < -0.4 is 0 Å². The molecule has 2 aliphatic rings. The van der Waals surface area contributed by atoms with Crippen molar-refractivity contribution in [1.29, 1.82) is 0 Å². The number of fused-ring (bicyclic) bond motifs is 2. The monoisotopic (exact) mass is 418 g/mol. The third kappa shape index (κ3) is 4.08. The van der Waals surface area contributed by atoms with Gasteiger partial charge in [-0.2, -0.15) is 0 Å². The molecule has 0 radical (unpaired) electrons. The zero-order valence-electron chi connectivity index (χ0n) is 12.8. The number of alkyl halides is 2. The molecule has 0 saturated heterocycles. The number of allylic oxidation sites excluding steroid dienone is 2. The van der Waals surface area contributed by atoms with E-state index in [0.29, 0.717) is 11.8 Å². The molecule has 0 saturated carbocycles. The van der Waals surface area contributed by atoms with E-state index in [2.05, 4.69) is 72.8 Å². The largest absolute Gasteiger partial charge is 0.125 e. The molecule has 2 atom stereocenters. The summed E-state index contributed by atoms with van der Waals surface area (Å²) in [5.41, 5.74) is 5.99. The second kappa shape index (κ2) is 8.47. The van der Waals surface area contributed by atoms with E-state index in [9.17, 15) is 0 Å². The summed E-state index contributed by atoms with van der Waals surface area (Å²) in [6, 6.07) is 17.7. The van der Waals surface area contributed by atoms with Crippen molar-refractivity contribution in [2.24, 2.45) is 0 Å². The van der Waals surface area contributed by atoms with Gasteiger partial charge in [-0.3, -0.25) is 0 Å². The molecule has 116 valence electrons. The Bertz CT molecular complexity index is 660. The van der Waals surface area contributed by atoms with Crippen molar-refractivity contribution >= 4 is 35.4 Å². The predicted molar refractivity (Wildman–Crippen MR) is 97.9 cm³/mol. The Labute approximate surface area is 159 Å². The second-order valence-electron chi connectivity index (χ2n) is 5.48. The fraction of sp³-hybridized carbons (Fsp3) is 0.200. The van der Waals surface area contributed by atoms with Crippen LogP contribution in [-0.4, -0.2) is 11.8 Å². The molecule has 0 spiro atoms. The molecular weight excluding hydrogens is 402 g/mol. The third-order valence-corrected chi connectivity index (χ3v) is 8.84. The Morgan fingerprint density at radius 2 is 1.13 bits per heavy atom. The van der Waals surface area contributed by atoms with Crippen LogP contribution in [0.3, 0.4) is 0 Å². The summed E-state index contributed by atoms with van der Waals surface area (Å²) in [4.78, 5) is 0. The van der Waals surface area contributed by atoms with Crippen LogP contribution in [0.5, 0.6) is 0 Å². The van der Waals surface area contributed by atoms with E-state index < -0.39 is 23.2 Å². The zero-order valence-corrected chi connectivity index (χ0v) is 16.7. The number of rotatable bonds is 3. The van der Waals surface area contributed by atoms with E-state index in [0.717, 1.165) is 7.25 Å². The first kappa shape index (κ1) is 17.2. The van der Waals surface area contributed by atoms with E-state index >= 15 is 0 Å². The van der Waals surface area contributed by atoms with Gasteiger partial charge in [0, 0.05) is 11.8 Å². The maximum absolute atomic E-state index is 5.05. The van der Waals surface area contributed by atoms with Crippen LogP contribution in [0.25, 0.3) is 12.2 Å². The molecule has 0 aromatic heterocycles. The topological polar surface area (TPSA) is 0 Å². The van der Waals surface area contributed by atoms with E-state index in [-0.39, 0.29) is 0 Å². The third-order valence-electron chi connectivity index (χ3n) is 4.03. The minimum Gasteiger partial charge on any atom is -0.125 e. The van der Waals surface area contributed by atoms with Crippen LogP contribution in [0, 0.1) is 0 Å². The van der Waals surface area contributed by atoms with Gasteiger partial charge in [0.05, 0.1) is 0 Å². The Morgan fingerprint density at radius 3 is 1.57 bits per heavy atom. The van der Waals surface area contributed by atoms with Gasteiger partial charge in [0.2, 0.25) is 0 Å². The smallest absolute Gasteiger partial charge is 0.0359 e. The fourth-order valence-electron chi connectivity index (χ4n) is 2.98. The summed E-state index contributed by atoms with van der Waals surface area (Å²) < 4.78 is 1.47. The molecule has 0 heterocycles. The van der Waals surface area contributed by atoms with Crippen molar-refractivity contribution in [3.05, 3.63) is 82.9 Å². The van der Waals surface area contributed by atoms with Crippen LogP contribution in [0.15, 0.2) is 60.7 Å². The average molecular weight is 420 g/mol. The molecule has 3 heteroatoms. The van der Waals surface area contributed by atoms with Crippen LogP contribution in [-0.2, 0) is 23.2 Å². The normalized spacial score (nSPS) is 19.7. The standard InChI is InChI=1S/2C9H7.C2H4Cl2.Zr/c2*1-2-5-9-7-3-6-8(9)4-1;3-1-2-4;/h2*1-7H;1-2H2;. The van der Waals surface area contributed by atoms with E-state index in [1.54, 1.807) is 11.1 Å². The van der Waals surface area contributed by atoms with Gasteiger partial charge in [0.15, 0.2) is 0 Å². The molecule has 2 aliphatic carbocycles. The summed E-state index contributed by atoms with van der Waals surface area (Å²) >= 11 is 9.57. The molecular formula is C20H18Cl2Zr. The number of hydrogen-bond donors (Lipinski definition) is 0. The Hall–Kier alpha value is -0.617. The van der Waals surface area contributed by atoms with Crippen molar-refractivity contribution in [2.75, 3.05) is 11.8 Å². The molecule has 0 aliphatic heterocycles. The molecule has 23 heavy (non-hydrogen) atoms. The first-order valence-corrected chi connectivity index (χ1v) is 11.7. The van der Waals surface area contributed by atoms with Crippen molar-refractivity contribution < 1.29 is 23.2 Å². The minimum atomic E-state index is -0.542. The van der Waals surface area contributed by atoms with Crippen LogP contribution in [0.4, 0.5) is 0 Å². The molecule has 0 nitrogen and oxygen atoms in total. The van der Waals surface area contributed by atoms with Crippen molar-refractivity contribution in [3.8, 4) is 0 Å². The second-order valence-corrected chi connectivity index (χ2v) is 10.1. The van der Waals surface area contributed by atoms with Crippen LogP contribution in [0.1, 0.15) is 29.5 Å². The quantitative estimate of drug-likeness (QED) is 0.529. The SMILES string of the molecule is C1=C[CH]([Zr][CH]2C=Cc3ccccc32)c2ccccc21.ClCCCl. The molecule has 0 bridgehead atoms. The Balaban J connectivity index is 0.000000354.